The fourth-order valence-corrected chi connectivity index (χ4v) is 3.01. The molecule has 1 N–H and O–H groups in total. The number of alkyl halides is 1. The minimum absolute atomic E-state index is 0.222. The molecular weight excluding hydrogens is 293 g/mol. The van der Waals surface area contributed by atoms with E-state index < -0.39 is 14.5 Å². The average molecular weight is 326 g/mol. The first kappa shape index (κ1) is 19.3. The molecule has 4 heteroatoms. The lowest BCUT2D eigenvalue weighted by atomic mass is 10.2. The Morgan fingerprint density at radius 2 is 1.82 bits per heavy atom. The third kappa shape index (κ3) is 7.03. The van der Waals surface area contributed by atoms with E-state index in [1.165, 1.54) is 5.56 Å². The molecule has 1 atom stereocenters. The molecule has 0 fully saturated rings. The number of hydrogen-bond acceptors (Lipinski definition) is 2. The summed E-state index contributed by atoms with van der Waals surface area (Å²) in [4.78, 5) is 0. The monoisotopic (exact) mass is 325 g/mol. The number of halogens is 1. The summed E-state index contributed by atoms with van der Waals surface area (Å²) in [6.07, 6.45) is 0.559. The molecule has 0 heterocycles. The first-order valence-electron chi connectivity index (χ1n) is 8.25. The number of benzene rings is 1. The maximum absolute atomic E-state index is 13.9. The van der Waals surface area contributed by atoms with E-state index in [9.17, 15) is 4.39 Å². The van der Waals surface area contributed by atoms with Gasteiger partial charge in [0.05, 0.1) is 0 Å². The van der Waals surface area contributed by atoms with Crippen LogP contribution in [0.5, 0.6) is 0 Å². The van der Waals surface area contributed by atoms with Gasteiger partial charge < -0.3 is 9.74 Å². The van der Waals surface area contributed by atoms with Gasteiger partial charge in [0.25, 0.3) is 0 Å². The van der Waals surface area contributed by atoms with Gasteiger partial charge in [0.2, 0.25) is 0 Å². The summed E-state index contributed by atoms with van der Waals surface area (Å²) in [5.41, 5.74) is 1.19. The quantitative estimate of drug-likeness (QED) is 0.514. The fourth-order valence-electron chi connectivity index (χ4n) is 1.92. The molecule has 0 amide bonds. The molecule has 0 aliphatic carbocycles. The molecule has 1 aromatic carbocycles. The highest BCUT2D eigenvalue weighted by molar-refractivity contribution is 6.74. The molecule has 0 radical (unpaired) electrons. The zero-order valence-electron chi connectivity index (χ0n) is 14.8. The SMILES string of the molecule is CC(C)(C)[Si](C)(C)OCCC[C@@H](F)CNCc1ccccc1. The molecule has 1 aromatic rings. The number of hydrogen-bond donors (Lipinski definition) is 1. The van der Waals surface area contributed by atoms with Gasteiger partial charge in [-0.2, -0.15) is 0 Å². The van der Waals surface area contributed by atoms with Crippen molar-refractivity contribution in [2.24, 2.45) is 0 Å². The highest BCUT2D eigenvalue weighted by Gasteiger charge is 2.36. The first-order valence-corrected chi connectivity index (χ1v) is 11.2. The standard InChI is InChI=1S/C18H32FNOSi/c1-18(2,3)22(4,5)21-13-9-12-17(19)15-20-14-16-10-7-6-8-11-16/h6-8,10-11,17,20H,9,12-15H2,1-5H3/t17-/m1/s1. The van der Waals surface area contributed by atoms with Crippen LogP contribution in [0.1, 0.15) is 39.2 Å². The second-order valence-corrected chi connectivity index (χ2v) is 12.3. The third-order valence-electron chi connectivity index (χ3n) is 4.47. The van der Waals surface area contributed by atoms with Gasteiger partial charge in [-0.1, -0.05) is 51.1 Å². The molecule has 0 saturated heterocycles. The molecule has 0 unspecified atom stereocenters. The summed E-state index contributed by atoms with van der Waals surface area (Å²) in [5, 5.41) is 3.40. The smallest absolute Gasteiger partial charge is 0.191 e. The van der Waals surface area contributed by atoms with Gasteiger partial charge in [-0.15, -0.1) is 0 Å². The van der Waals surface area contributed by atoms with E-state index in [1.54, 1.807) is 0 Å². The van der Waals surface area contributed by atoms with Gasteiger partial charge in [-0.25, -0.2) is 4.39 Å². The predicted molar refractivity (Wildman–Crippen MR) is 95.4 cm³/mol. The lowest BCUT2D eigenvalue weighted by molar-refractivity contribution is 0.240. The summed E-state index contributed by atoms with van der Waals surface area (Å²) >= 11 is 0. The van der Waals surface area contributed by atoms with Gasteiger partial charge in [0.15, 0.2) is 8.32 Å². The van der Waals surface area contributed by atoms with Crippen LogP contribution in [0, 0.1) is 0 Å². The molecule has 0 bridgehead atoms. The summed E-state index contributed by atoms with van der Waals surface area (Å²) in [6.45, 7) is 13.0. The van der Waals surface area contributed by atoms with Crippen LogP contribution in [0.25, 0.3) is 0 Å². The summed E-state index contributed by atoms with van der Waals surface area (Å²) in [6, 6.07) is 10.1. The second-order valence-electron chi connectivity index (χ2n) is 7.46. The van der Waals surface area contributed by atoms with E-state index >= 15 is 0 Å². The molecule has 0 aliphatic rings. The van der Waals surface area contributed by atoms with Crippen LogP contribution in [0.3, 0.4) is 0 Å². The number of rotatable bonds is 9. The normalized spacial score (nSPS) is 14.1. The van der Waals surface area contributed by atoms with Crippen molar-refractivity contribution in [1.29, 1.82) is 0 Å². The summed E-state index contributed by atoms with van der Waals surface area (Å²) in [5.74, 6) is 0. The van der Waals surface area contributed by atoms with Gasteiger partial charge in [0.1, 0.15) is 6.17 Å². The fraction of sp³-hybridized carbons (Fsp3) is 0.667. The van der Waals surface area contributed by atoms with Crippen LogP contribution < -0.4 is 5.32 Å². The Hall–Kier alpha value is -0.713. The van der Waals surface area contributed by atoms with E-state index in [-0.39, 0.29) is 5.04 Å². The topological polar surface area (TPSA) is 21.3 Å². The molecular formula is C18H32FNOSi. The molecule has 1 rings (SSSR count). The highest BCUT2D eigenvalue weighted by Crippen LogP contribution is 2.36. The molecule has 126 valence electrons. The van der Waals surface area contributed by atoms with E-state index in [0.717, 1.165) is 13.0 Å². The van der Waals surface area contributed by atoms with Crippen molar-refractivity contribution in [3.63, 3.8) is 0 Å². The van der Waals surface area contributed by atoms with Gasteiger partial charge in [-0.3, -0.25) is 0 Å². The van der Waals surface area contributed by atoms with Crippen molar-refractivity contribution >= 4 is 8.32 Å². The molecule has 0 aliphatic heterocycles. The first-order chi connectivity index (χ1) is 10.2. The lowest BCUT2D eigenvalue weighted by Gasteiger charge is -2.36. The third-order valence-corrected chi connectivity index (χ3v) is 9.01. The minimum atomic E-state index is -1.68. The van der Waals surface area contributed by atoms with E-state index in [1.807, 2.05) is 30.3 Å². The van der Waals surface area contributed by atoms with Crippen LogP contribution in [-0.2, 0) is 11.0 Å². The Balaban J connectivity index is 2.12. The predicted octanol–water partition coefficient (Wildman–Crippen LogP) is 4.92. The van der Waals surface area contributed by atoms with Crippen LogP contribution in [0.15, 0.2) is 30.3 Å². The molecule has 22 heavy (non-hydrogen) atoms. The Labute approximate surface area is 136 Å². The second kappa shape index (κ2) is 8.80. The number of nitrogens with one attached hydrogen (secondary N) is 1. The van der Waals surface area contributed by atoms with Crippen molar-refractivity contribution in [1.82, 2.24) is 5.32 Å². The Morgan fingerprint density at radius 1 is 1.18 bits per heavy atom. The van der Waals surface area contributed by atoms with Crippen LogP contribution in [-0.4, -0.2) is 27.6 Å². The Bertz CT molecular complexity index is 417. The van der Waals surface area contributed by atoms with Gasteiger partial charge in [-0.05, 0) is 36.5 Å². The van der Waals surface area contributed by atoms with Gasteiger partial charge >= 0.3 is 0 Å². The van der Waals surface area contributed by atoms with Crippen molar-refractivity contribution in [2.75, 3.05) is 13.2 Å². The molecule has 0 spiro atoms. The molecule has 0 aromatic heterocycles. The van der Waals surface area contributed by atoms with Crippen molar-refractivity contribution in [2.45, 2.75) is 64.5 Å². The van der Waals surface area contributed by atoms with Crippen LogP contribution in [0.4, 0.5) is 4.39 Å². The summed E-state index contributed by atoms with van der Waals surface area (Å²) < 4.78 is 19.9. The van der Waals surface area contributed by atoms with Gasteiger partial charge in [0, 0.05) is 19.7 Å². The van der Waals surface area contributed by atoms with Crippen LogP contribution >= 0.6 is 0 Å². The Morgan fingerprint density at radius 3 is 2.41 bits per heavy atom. The minimum Gasteiger partial charge on any atom is -0.417 e. The zero-order valence-corrected chi connectivity index (χ0v) is 15.8. The summed E-state index contributed by atoms with van der Waals surface area (Å²) in [7, 11) is -1.68. The van der Waals surface area contributed by atoms with E-state index in [2.05, 4.69) is 39.2 Å². The lowest BCUT2D eigenvalue weighted by Crippen LogP contribution is -2.41. The largest absolute Gasteiger partial charge is 0.417 e. The van der Waals surface area contributed by atoms with E-state index in [0.29, 0.717) is 19.6 Å². The van der Waals surface area contributed by atoms with Crippen molar-refractivity contribution in [3.8, 4) is 0 Å². The average Bonchev–Trinajstić information content (AvgIpc) is 2.43. The maximum Gasteiger partial charge on any atom is 0.191 e. The molecule has 2 nitrogen and oxygen atoms in total. The zero-order chi connectivity index (χ0) is 16.6. The highest BCUT2D eigenvalue weighted by atomic mass is 28.4. The maximum atomic E-state index is 13.9. The van der Waals surface area contributed by atoms with Crippen molar-refractivity contribution < 1.29 is 8.82 Å². The molecule has 0 saturated carbocycles. The van der Waals surface area contributed by atoms with Crippen molar-refractivity contribution in [3.05, 3.63) is 35.9 Å². The van der Waals surface area contributed by atoms with E-state index in [4.69, 9.17) is 4.43 Å². The Kier molecular flexibility index (Phi) is 7.73. The van der Waals surface area contributed by atoms with Crippen LogP contribution in [0.2, 0.25) is 18.1 Å².